The minimum Gasteiger partial charge on any atom is -0.0616 e. The maximum absolute atomic E-state index is 2.41. The molecule has 0 aromatic heterocycles. The van der Waals surface area contributed by atoms with Crippen molar-refractivity contribution in [3.05, 3.63) is 71.8 Å². The minimum absolute atomic E-state index is 0.221. The number of fused-ring (bicyclic) bond motifs is 2. The van der Waals surface area contributed by atoms with Crippen LogP contribution in [-0.2, 0) is 10.8 Å². The van der Waals surface area contributed by atoms with Gasteiger partial charge in [0.2, 0.25) is 0 Å². The number of benzene rings is 3. The second kappa shape index (κ2) is 5.21. The molecule has 0 saturated heterocycles. The smallest absolute Gasteiger partial charge is 0.00941 e. The normalized spacial score (nSPS) is 18.3. The summed E-state index contributed by atoms with van der Waals surface area (Å²) in [5.74, 6) is 0. The summed E-state index contributed by atoms with van der Waals surface area (Å²) >= 11 is 0. The molecular formula is C24H26. The van der Waals surface area contributed by atoms with Gasteiger partial charge in [0.1, 0.15) is 0 Å². The van der Waals surface area contributed by atoms with Crippen molar-refractivity contribution in [2.75, 3.05) is 0 Å². The fraction of sp³-hybridized carbons (Fsp3) is 0.333. The molecule has 0 spiro atoms. The van der Waals surface area contributed by atoms with Crippen LogP contribution in [0.5, 0.6) is 0 Å². The van der Waals surface area contributed by atoms with Crippen molar-refractivity contribution in [2.45, 2.75) is 51.4 Å². The first-order valence-electron chi connectivity index (χ1n) is 9.02. The topological polar surface area (TPSA) is 0 Å². The SMILES string of the molecule is CC1(C)CCC(C)(C)c2c(-c3cccc4ccccc34)cccc21. The molecule has 0 unspecified atom stereocenters. The Morgan fingerprint density at radius 1 is 0.625 bits per heavy atom. The Labute approximate surface area is 145 Å². The molecule has 3 aromatic rings. The summed E-state index contributed by atoms with van der Waals surface area (Å²) in [6, 6.07) is 22.4. The Hall–Kier alpha value is -2.08. The van der Waals surface area contributed by atoms with Crippen molar-refractivity contribution in [1.29, 1.82) is 0 Å². The Bertz CT molecular complexity index is 907. The van der Waals surface area contributed by atoms with Gasteiger partial charge in [-0.1, -0.05) is 88.4 Å². The molecule has 0 radical (unpaired) electrons. The van der Waals surface area contributed by atoms with E-state index in [2.05, 4.69) is 88.4 Å². The van der Waals surface area contributed by atoms with E-state index in [4.69, 9.17) is 0 Å². The standard InChI is InChI=1S/C24H26/c1-23(2)15-16-24(3,4)22-20(13-8-14-21(22)23)19-12-7-10-17-9-5-6-11-18(17)19/h5-14H,15-16H2,1-4H3. The summed E-state index contributed by atoms with van der Waals surface area (Å²) in [4.78, 5) is 0. The van der Waals surface area contributed by atoms with E-state index in [0.717, 1.165) is 0 Å². The first-order chi connectivity index (χ1) is 11.4. The van der Waals surface area contributed by atoms with Gasteiger partial charge in [0.05, 0.1) is 0 Å². The molecule has 0 N–H and O–H groups in total. The van der Waals surface area contributed by atoms with Crippen LogP contribution in [0.1, 0.15) is 51.7 Å². The lowest BCUT2D eigenvalue weighted by molar-refractivity contribution is 0.333. The van der Waals surface area contributed by atoms with Crippen molar-refractivity contribution in [2.24, 2.45) is 0 Å². The zero-order valence-corrected chi connectivity index (χ0v) is 15.2. The molecule has 0 heterocycles. The highest BCUT2D eigenvalue weighted by Crippen LogP contribution is 2.49. The molecule has 0 atom stereocenters. The van der Waals surface area contributed by atoms with Crippen LogP contribution >= 0.6 is 0 Å². The highest BCUT2D eigenvalue weighted by Gasteiger charge is 2.38. The van der Waals surface area contributed by atoms with Gasteiger partial charge in [-0.3, -0.25) is 0 Å². The number of hydrogen-bond donors (Lipinski definition) is 0. The molecular weight excluding hydrogens is 288 g/mol. The minimum atomic E-state index is 0.221. The van der Waals surface area contributed by atoms with Gasteiger partial charge in [0.15, 0.2) is 0 Å². The van der Waals surface area contributed by atoms with E-state index in [1.54, 1.807) is 5.56 Å². The maximum atomic E-state index is 2.41. The van der Waals surface area contributed by atoms with Crippen molar-refractivity contribution < 1.29 is 0 Å². The van der Waals surface area contributed by atoms with E-state index < -0.39 is 0 Å². The Morgan fingerprint density at radius 2 is 1.25 bits per heavy atom. The van der Waals surface area contributed by atoms with E-state index in [9.17, 15) is 0 Å². The lowest BCUT2D eigenvalue weighted by atomic mass is 9.61. The maximum Gasteiger partial charge on any atom is -0.00941 e. The lowest BCUT2D eigenvalue weighted by Crippen LogP contribution is -2.34. The van der Waals surface area contributed by atoms with Crippen molar-refractivity contribution >= 4 is 10.8 Å². The molecule has 0 fully saturated rings. The first-order valence-corrected chi connectivity index (χ1v) is 9.02. The second-order valence-corrected chi connectivity index (χ2v) is 8.52. The van der Waals surface area contributed by atoms with Crippen LogP contribution in [0.2, 0.25) is 0 Å². The first kappa shape index (κ1) is 15.4. The van der Waals surface area contributed by atoms with Crippen LogP contribution in [-0.4, -0.2) is 0 Å². The fourth-order valence-electron chi connectivity index (χ4n) is 4.41. The molecule has 24 heavy (non-hydrogen) atoms. The second-order valence-electron chi connectivity index (χ2n) is 8.52. The molecule has 0 bridgehead atoms. The van der Waals surface area contributed by atoms with E-state index >= 15 is 0 Å². The molecule has 1 aliphatic carbocycles. The van der Waals surface area contributed by atoms with Crippen LogP contribution < -0.4 is 0 Å². The molecule has 1 aliphatic rings. The van der Waals surface area contributed by atoms with E-state index in [0.29, 0.717) is 0 Å². The molecule has 4 rings (SSSR count). The molecule has 3 aromatic carbocycles. The molecule has 0 aliphatic heterocycles. The van der Waals surface area contributed by atoms with Crippen LogP contribution in [0.3, 0.4) is 0 Å². The summed E-state index contributed by atoms with van der Waals surface area (Å²) in [6.07, 6.45) is 2.50. The van der Waals surface area contributed by atoms with Crippen molar-refractivity contribution in [1.82, 2.24) is 0 Å². The van der Waals surface area contributed by atoms with Gasteiger partial charge in [-0.25, -0.2) is 0 Å². The van der Waals surface area contributed by atoms with Gasteiger partial charge >= 0.3 is 0 Å². The average molecular weight is 314 g/mol. The quantitative estimate of drug-likeness (QED) is 0.460. The third-order valence-electron chi connectivity index (χ3n) is 5.93. The van der Waals surface area contributed by atoms with Gasteiger partial charge in [0, 0.05) is 0 Å². The lowest BCUT2D eigenvalue weighted by Gasteiger charge is -2.43. The fourth-order valence-corrected chi connectivity index (χ4v) is 4.41. The summed E-state index contributed by atoms with van der Waals surface area (Å²) < 4.78 is 0. The summed E-state index contributed by atoms with van der Waals surface area (Å²) in [6.45, 7) is 9.62. The van der Waals surface area contributed by atoms with Gasteiger partial charge in [0.25, 0.3) is 0 Å². The number of rotatable bonds is 1. The zero-order chi connectivity index (χ0) is 16.9. The average Bonchev–Trinajstić information content (AvgIpc) is 2.58. The van der Waals surface area contributed by atoms with Crippen LogP contribution in [0, 0.1) is 0 Å². The predicted octanol–water partition coefficient (Wildman–Crippen LogP) is 6.86. The summed E-state index contributed by atoms with van der Waals surface area (Å²) in [5, 5.41) is 2.67. The molecule has 0 heteroatoms. The van der Waals surface area contributed by atoms with Crippen LogP contribution in [0.4, 0.5) is 0 Å². The van der Waals surface area contributed by atoms with Gasteiger partial charge in [-0.05, 0) is 56.7 Å². The molecule has 0 amide bonds. The van der Waals surface area contributed by atoms with Crippen molar-refractivity contribution in [3.8, 4) is 11.1 Å². The Kier molecular flexibility index (Phi) is 3.35. The Morgan fingerprint density at radius 3 is 2.08 bits per heavy atom. The molecule has 0 saturated carbocycles. The highest BCUT2D eigenvalue weighted by molar-refractivity contribution is 5.97. The van der Waals surface area contributed by atoms with Crippen LogP contribution in [0.15, 0.2) is 60.7 Å². The van der Waals surface area contributed by atoms with Crippen molar-refractivity contribution in [3.63, 3.8) is 0 Å². The third kappa shape index (κ3) is 2.28. The van der Waals surface area contributed by atoms with Gasteiger partial charge in [-0.15, -0.1) is 0 Å². The molecule has 122 valence electrons. The molecule has 0 nitrogen and oxygen atoms in total. The predicted molar refractivity (Wildman–Crippen MR) is 105 cm³/mol. The summed E-state index contributed by atoms with van der Waals surface area (Å²) in [7, 11) is 0. The Balaban J connectivity index is 2.07. The van der Waals surface area contributed by atoms with Crippen LogP contribution in [0.25, 0.3) is 21.9 Å². The van der Waals surface area contributed by atoms with E-state index in [-0.39, 0.29) is 10.8 Å². The monoisotopic (exact) mass is 314 g/mol. The number of hydrogen-bond acceptors (Lipinski definition) is 0. The van der Waals surface area contributed by atoms with Gasteiger partial charge < -0.3 is 0 Å². The largest absolute Gasteiger partial charge is 0.0616 e. The third-order valence-corrected chi connectivity index (χ3v) is 5.93. The van der Waals surface area contributed by atoms with E-state index in [1.807, 2.05) is 0 Å². The van der Waals surface area contributed by atoms with Gasteiger partial charge in [-0.2, -0.15) is 0 Å². The zero-order valence-electron chi connectivity index (χ0n) is 15.2. The van der Waals surface area contributed by atoms with E-state index in [1.165, 1.54) is 40.3 Å². The highest BCUT2D eigenvalue weighted by atomic mass is 14.4. The summed E-state index contributed by atoms with van der Waals surface area (Å²) in [5.41, 5.74) is 6.35.